The molecule has 2 unspecified atom stereocenters. The summed E-state index contributed by atoms with van der Waals surface area (Å²) in [5, 5.41) is 1.22. The zero-order chi connectivity index (χ0) is 27.1. The number of nitrogens with zero attached hydrogens (tertiary/aromatic N) is 1. The summed E-state index contributed by atoms with van der Waals surface area (Å²) in [6.07, 6.45) is 6.16. The van der Waals surface area contributed by atoms with Crippen LogP contribution in [0, 0.1) is 5.82 Å². The number of carbonyl (C=O) groups is 1. The Morgan fingerprint density at radius 1 is 1.08 bits per heavy atom. The molecule has 0 radical (unpaired) electrons. The highest BCUT2D eigenvalue weighted by Crippen LogP contribution is 2.56. The minimum Gasteiger partial charge on any atom is -0.444 e. The van der Waals surface area contributed by atoms with Crippen molar-refractivity contribution in [1.29, 1.82) is 0 Å². The molecule has 2 aliphatic rings. The number of thioether (sulfide) groups is 1. The van der Waals surface area contributed by atoms with E-state index in [0.29, 0.717) is 16.6 Å². The largest absolute Gasteiger partial charge is 0.444 e. The lowest BCUT2D eigenvalue weighted by Crippen LogP contribution is -2.47. The summed E-state index contributed by atoms with van der Waals surface area (Å²) in [5.41, 5.74) is 3.77. The zero-order valence-corrected chi connectivity index (χ0v) is 24.0. The predicted octanol–water partition coefficient (Wildman–Crippen LogP) is 9.25. The van der Waals surface area contributed by atoms with Gasteiger partial charge < -0.3 is 9.64 Å². The van der Waals surface area contributed by atoms with Crippen LogP contribution in [-0.2, 0) is 15.9 Å². The number of benzene rings is 3. The fraction of sp³-hybridized carbons (Fsp3) is 0.323. The van der Waals surface area contributed by atoms with Gasteiger partial charge in [-0.3, -0.25) is 0 Å². The van der Waals surface area contributed by atoms with Gasteiger partial charge in [-0.25, -0.2) is 9.18 Å². The maximum Gasteiger partial charge on any atom is 0.410 e. The van der Waals surface area contributed by atoms with E-state index in [0.717, 1.165) is 35.3 Å². The lowest BCUT2D eigenvalue weighted by molar-refractivity contribution is 0.0203. The first-order chi connectivity index (χ1) is 18.1. The van der Waals surface area contributed by atoms with Gasteiger partial charge in [-0.05, 0) is 93.1 Å². The summed E-state index contributed by atoms with van der Waals surface area (Å²) in [5.74, 6) is -0.260. The molecule has 1 aliphatic heterocycles. The Morgan fingerprint density at radius 3 is 2.47 bits per heavy atom. The van der Waals surface area contributed by atoms with Gasteiger partial charge in [0.05, 0.1) is 10.8 Å². The minimum atomic E-state index is -0.565. The number of halogens is 3. The van der Waals surface area contributed by atoms with Gasteiger partial charge >= 0.3 is 6.09 Å². The fourth-order valence-electron chi connectivity index (χ4n) is 5.47. The molecule has 3 aromatic rings. The molecule has 0 saturated carbocycles. The quantitative estimate of drug-likeness (QED) is 0.293. The molecule has 38 heavy (non-hydrogen) atoms. The van der Waals surface area contributed by atoms with Crippen LogP contribution >= 0.6 is 35.0 Å². The molecular weight excluding hydrogens is 540 g/mol. The summed E-state index contributed by atoms with van der Waals surface area (Å²) in [6.45, 7) is 6.29. The second-order valence-corrected chi connectivity index (χ2v) is 13.0. The molecule has 7 heteroatoms. The van der Waals surface area contributed by atoms with E-state index in [1.54, 1.807) is 11.8 Å². The van der Waals surface area contributed by atoms with Crippen LogP contribution in [0.4, 0.5) is 9.18 Å². The molecule has 1 amide bonds. The van der Waals surface area contributed by atoms with Gasteiger partial charge in [0.2, 0.25) is 0 Å². The summed E-state index contributed by atoms with van der Waals surface area (Å²) in [4.78, 5) is 16.1. The molecule has 0 aromatic heterocycles. The average Bonchev–Trinajstić information content (AvgIpc) is 3.23. The second kappa shape index (κ2) is 10.6. The van der Waals surface area contributed by atoms with Crippen LogP contribution in [0.2, 0.25) is 10.0 Å². The van der Waals surface area contributed by atoms with Crippen molar-refractivity contribution in [1.82, 2.24) is 4.90 Å². The van der Waals surface area contributed by atoms with E-state index in [9.17, 15) is 9.18 Å². The Bertz CT molecular complexity index is 1370. The molecular formula is C31H30Cl2FNO2S. The van der Waals surface area contributed by atoms with Crippen molar-refractivity contribution in [2.75, 3.05) is 6.54 Å². The van der Waals surface area contributed by atoms with Gasteiger partial charge in [-0.2, -0.15) is 0 Å². The Kier molecular flexibility index (Phi) is 7.56. The Labute approximate surface area is 238 Å². The first-order valence-electron chi connectivity index (χ1n) is 12.8. The van der Waals surface area contributed by atoms with Crippen molar-refractivity contribution in [2.24, 2.45) is 0 Å². The molecule has 0 N–H and O–H groups in total. The molecule has 5 rings (SSSR count). The first-order valence-corrected chi connectivity index (χ1v) is 14.3. The predicted molar refractivity (Wildman–Crippen MR) is 155 cm³/mol. The second-order valence-electron chi connectivity index (χ2n) is 10.8. The molecule has 2 atom stereocenters. The van der Waals surface area contributed by atoms with Gasteiger partial charge in [0, 0.05) is 27.0 Å². The number of hydrogen-bond acceptors (Lipinski definition) is 3. The van der Waals surface area contributed by atoms with Gasteiger partial charge in [0.25, 0.3) is 0 Å². The molecule has 1 heterocycles. The number of hydrogen-bond donors (Lipinski definition) is 0. The van der Waals surface area contributed by atoms with Gasteiger partial charge in [-0.1, -0.05) is 59.6 Å². The number of fused-ring (bicyclic) bond motifs is 3. The van der Waals surface area contributed by atoms with E-state index in [-0.39, 0.29) is 22.7 Å². The summed E-state index contributed by atoms with van der Waals surface area (Å²) < 4.78 is 19.1. The van der Waals surface area contributed by atoms with E-state index in [1.165, 1.54) is 23.3 Å². The number of amides is 1. The molecule has 3 aromatic carbocycles. The number of likely N-dealkylation sites (tertiary alicyclic amines) is 1. The number of aryl methyl sites for hydroxylation is 1. The lowest BCUT2D eigenvalue weighted by atomic mass is 9.78. The minimum absolute atomic E-state index is 0.0248. The van der Waals surface area contributed by atoms with Crippen molar-refractivity contribution in [2.45, 2.75) is 61.3 Å². The van der Waals surface area contributed by atoms with E-state index < -0.39 is 5.60 Å². The van der Waals surface area contributed by atoms with Crippen LogP contribution in [0.1, 0.15) is 55.9 Å². The monoisotopic (exact) mass is 569 g/mol. The maximum atomic E-state index is 13.7. The van der Waals surface area contributed by atoms with E-state index >= 15 is 0 Å². The standard InChI is InChI=1S/C31H30Cl2FNO2S/c1-30(2,3)37-29(36)35-18-17-31(38-23-12-10-22(34)11-13-23)25-15-8-20(19-21(25)9-16-28(31)35)7-14-24-26(32)5-4-6-27(24)33/h4-8,10-15,19,28H,9,16-18H2,1-3H3/b14-7+. The Balaban J connectivity index is 1.51. The van der Waals surface area contributed by atoms with Crippen LogP contribution in [0.3, 0.4) is 0 Å². The van der Waals surface area contributed by atoms with Crippen LogP contribution in [0.5, 0.6) is 0 Å². The van der Waals surface area contributed by atoms with E-state index in [4.69, 9.17) is 27.9 Å². The van der Waals surface area contributed by atoms with Crippen LogP contribution in [0.15, 0.2) is 65.6 Å². The van der Waals surface area contributed by atoms with E-state index in [1.807, 2.05) is 68.2 Å². The third-order valence-electron chi connectivity index (χ3n) is 7.09. The number of rotatable bonds is 4. The van der Waals surface area contributed by atoms with Gasteiger partial charge in [0.1, 0.15) is 11.4 Å². The highest BCUT2D eigenvalue weighted by atomic mass is 35.5. The van der Waals surface area contributed by atoms with E-state index in [2.05, 4.69) is 18.2 Å². The zero-order valence-electron chi connectivity index (χ0n) is 21.6. The molecule has 0 spiro atoms. The Hall–Kier alpha value is -2.47. The molecule has 1 saturated heterocycles. The van der Waals surface area contributed by atoms with Gasteiger partial charge in [-0.15, -0.1) is 11.8 Å². The summed E-state index contributed by atoms with van der Waals surface area (Å²) >= 11 is 14.4. The van der Waals surface area contributed by atoms with Crippen LogP contribution < -0.4 is 0 Å². The number of ether oxygens (including phenoxy) is 1. The highest BCUT2D eigenvalue weighted by Gasteiger charge is 2.54. The molecule has 3 nitrogen and oxygen atoms in total. The first kappa shape index (κ1) is 27.1. The lowest BCUT2D eigenvalue weighted by Gasteiger charge is -2.43. The van der Waals surface area contributed by atoms with Gasteiger partial charge in [0.15, 0.2) is 0 Å². The molecule has 198 valence electrons. The third kappa shape index (κ3) is 5.47. The topological polar surface area (TPSA) is 29.5 Å². The smallest absolute Gasteiger partial charge is 0.410 e. The molecule has 1 fully saturated rings. The number of carbonyl (C=O) groups excluding carboxylic acids is 1. The van der Waals surface area contributed by atoms with Crippen molar-refractivity contribution < 1.29 is 13.9 Å². The average molecular weight is 571 g/mol. The van der Waals surface area contributed by atoms with Crippen molar-refractivity contribution in [3.8, 4) is 0 Å². The summed E-state index contributed by atoms with van der Waals surface area (Å²) in [6, 6.07) is 18.6. The highest BCUT2D eigenvalue weighted by molar-refractivity contribution is 8.00. The van der Waals surface area contributed by atoms with Crippen molar-refractivity contribution in [3.05, 3.63) is 98.8 Å². The Morgan fingerprint density at radius 2 is 1.79 bits per heavy atom. The fourth-order valence-corrected chi connectivity index (χ4v) is 7.57. The normalized spacial score (nSPS) is 20.9. The van der Waals surface area contributed by atoms with Crippen molar-refractivity contribution in [3.63, 3.8) is 0 Å². The van der Waals surface area contributed by atoms with Crippen LogP contribution in [0.25, 0.3) is 12.2 Å². The third-order valence-corrected chi connectivity index (χ3v) is 9.32. The maximum absolute atomic E-state index is 13.7. The molecule has 1 aliphatic carbocycles. The summed E-state index contributed by atoms with van der Waals surface area (Å²) in [7, 11) is 0. The SMILES string of the molecule is CC(C)(C)OC(=O)N1CCC2(Sc3ccc(F)cc3)c3ccc(/C=C/c4c(Cl)cccc4Cl)cc3CCC12. The molecule has 0 bridgehead atoms. The van der Waals surface area contributed by atoms with Crippen LogP contribution in [-0.4, -0.2) is 29.2 Å². The van der Waals surface area contributed by atoms with Crippen molar-refractivity contribution >= 4 is 53.2 Å².